The Morgan fingerprint density at radius 2 is 1.75 bits per heavy atom. The zero-order valence-electron chi connectivity index (χ0n) is 10.9. The van der Waals surface area contributed by atoms with Crippen molar-refractivity contribution in [1.82, 2.24) is 5.32 Å². The molecule has 0 bridgehead atoms. The van der Waals surface area contributed by atoms with E-state index in [0.29, 0.717) is 17.9 Å². The normalized spacial score (nSPS) is 35.1. The van der Waals surface area contributed by atoms with Gasteiger partial charge >= 0.3 is 0 Å². The lowest BCUT2D eigenvalue weighted by molar-refractivity contribution is -0.136. The summed E-state index contributed by atoms with van der Waals surface area (Å²) in [6.45, 7) is 6.73. The molecule has 2 nitrogen and oxygen atoms in total. The van der Waals surface area contributed by atoms with Crippen LogP contribution in [-0.4, -0.2) is 11.9 Å². The summed E-state index contributed by atoms with van der Waals surface area (Å²) in [6, 6.07) is 0.502. The fourth-order valence-electron chi connectivity index (χ4n) is 2.90. The first kappa shape index (κ1) is 11.9. The predicted octanol–water partition coefficient (Wildman–Crippen LogP) is 3.12. The Hall–Kier alpha value is -0.530. The molecule has 0 unspecified atom stereocenters. The van der Waals surface area contributed by atoms with Crippen LogP contribution in [0, 0.1) is 17.3 Å². The molecule has 0 aliphatic heterocycles. The highest BCUT2D eigenvalue weighted by molar-refractivity contribution is 5.83. The van der Waals surface area contributed by atoms with Crippen LogP contribution in [0.5, 0.6) is 0 Å². The van der Waals surface area contributed by atoms with Crippen molar-refractivity contribution < 1.29 is 4.79 Å². The quantitative estimate of drug-likeness (QED) is 0.782. The number of hydrogen-bond acceptors (Lipinski definition) is 1. The molecule has 1 amide bonds. The average molecular weight is 223 g/mol. The van der Waals surface area contributed by atoms with Crippen LogP contribution in [0.3, 0.4) is 0 Å². The molecule has 16 heavy (non-hydrogen) atoms. The molecule has 2 saturated carbocycles. The number of amides is 1. The van der Waals surface area contributed by atoms with Crippen molar-refractivity contribution in [3.05, 3.63) is 0 Å². The first-order valence-corrected chi connectivity index (χ1v) is 6.85. The number of nitrogens with one attached hydrogen (secondary N) is 1. The minimum atomic E-state index is -0.0604. The third-order valence-corrected chi connectivity index (χ3v) is 4.64. The molecule has 0 aromatic heterocycles. The van der Waals surface area contributed by atoms with Crippen molar-refractivity contribution in [1.29, 1.82) is 0 Å². The SMILES string of the molecule is CC1CCC(C(=O)NC2CC2)(C(C)C)CC1. The average Bonchev–Trinajstić information content (AvgIpc) is 3.02. The van der Waals surface area contributed by atoms with E-state index < -0.39 is 0 Å². The third kappa shape index (κ3) is 2.26. The van der Waals surface area contributed by atoms with E-state index in [1.807, 2.05) is 0 Å². The number of carbonyl (C=O) groups excluding carboxylic acids is 1. The molecule has 0 saturated heterocycles. The molecule has 1 N–H and O–H groups in total. The van der Waals surface area contributed by atoms with Crippen molar-refractivity contribution in [2.75, 3.05) is 0 Å². The van der Waals surface area contributed by atoms with E-state index in [4.69, 9.17) is 0 Å². The highest BCUT2D eigenvalue weighted by Crippen LogP contribution is 2.45. The van der Waals surface area contributed by atoms with Crippen molar-refractivity contribution in [2.45, 2.75) is 65.3 Å². The summed E-state index contributed by atoms with van der Waals surface area (Å²) in [5.41, 5.74) is -0.0604. The van der Waals surface area contributed by atoms with Crippen molar-refractivity contribution >= 4 is 5.91 Å². The predicted molar refractivity (Wildman–Crippen MR) is 66.1 cm³/mol. The van der Waals surface area contributed by atoms with Crippen LogP contribution in [0.4, 0.5) is 0 Å². The van der Waals surface area contributed by atoms with Gasteiger partial charge in [-0.1, -0.05) is 20.8 Å². The summed E-state index contributed by atoms with van der Waals surface area (Å²) in [5.74, 6) is 1.62. The molecule has 0 heterocycles. The van der Waals surface area contributed by atoms with Crippen LogP contribution in [-0.2, 0) is 4.79 Å². The van der Waals surface area contributed by atoms with Crippen molar-refractivity contribution in [3.63, 3.8) is 0 Å². The van der Waals surface area contributed by atoms with E-state index in [1.165, 1.54) is 25.7 Å². The van der Waals surface area contributed by atoms with Crippen LogP contribution < -0.4 is 5.32 Å². The van der Waals surface area contributed by atoms with Gasteiger partial charge in [-0.15, -0.1) is 0 Å². The van der Waals surface area contributed by atoms with Gasteiger partial charge in [-0.05, 0) is 50.4 Å². The minimum Gasteiger partial charge on any atom is -0.353 e. The van der Waals surface area contributed by atoms with E-state index in [1.54, 1.807) is 0 Å². The molecule has 2 aliphatic rings. The lowest BCUT2D eigenvalue weighted by atomic mass is 9.64. The molecule has 0 radical (unpaired) electrons. The largest absolute Gasteiger partial charge is 0.353 e. The Labute approximate surface area is 99.2 Å². The molecule has 2 aliphatic carbocycles. The molecule has 2 heteroatoms. The van der Waals surface area contributed by atoms with Gasteiger partial charge in [0.05, 0.1) is 5.41 Å². The topological polar surface area (TPSA) is 29.1 Å². The van der Waals surface area contributed by atoms with Gasteiger partial charge < -0.3 is 5.32 Å². The molecule has 0 atom stereocenters. The smallest absolute Gasteiger partial charge is 0.226 e. The maximum absolute atomic E-state index is 12.4. The maximum atomic E-state index is 12.4. The molecular weight excluding hydrogens is 198 g/mol. The fraction of sp³-hybridized carbons (Fsp3) is 0.929. The van der Waals surface area contributed by atoms with Crippen molar-refractivity contribution in [3.8, 4) is 0 Å². The van der Waals surface area contributed by atoms with Gasteiger partial charge in [-0.25, -0.2) is 0 Å². The maximum Gasteiger partial charge on any atom is 0.226 e. The highest BCUT2D eigenvalue weighted by Gasteiger charge is 2.44. The summed E-state index contributed by atoms with van der Waals surface area (Å²) in [4.78, 5) is 12.4. The Morgan fingerprint density at radius 1 is 1.19 bits per heavy atom. The summed E-state index contributed by atoms with van der Waals surface area (Å²) in [7, 11) is 0. The molecule has 0 aromatic carbocycles. The standard InChI is InChI=1S/C14H25NO/c1-10(2)14(8-6-11(3)7-9-14)13(16)15-12-4-5-12/h10-12H,4-9H2,1-3H3,(H,15,16). The van der Waals surface area contributed by atoms with Gasteiger partial charge in [0.25, 0.3) is 0 Å². The lowest BCUT2D eigenvalue weighted by Crippen LogP contribution is -2.47. The van der Waals surface area contributed by atoms with Gasteiger partial charge in [0.2, 0.25) is 5.91 Å². The first-order chi connectivity index (χ1) is 7.54. The van der Waals surface area contributed by atoms with Crippen LogP contribution in [0.2, 0.25) is 0 Å². The van der Waals surface area contributed by atoms with Crippen molar-refractivity contribution in [2.24, 2.45) is 17.3 Å². The highest BCUT2D eigenvalue weighted by atomic mass is 16.2. The van der Waals surface area contributed by atoms with Crippen LogP contribution in [0.15, 0.2) is 0 Å². The van der Waals surface area contributed by atoms with Crippen LogP contribution in [0.1, 0.15) is 59.3 Å². The summed E-state index contributed by atoms with van der Waals surface area (Å²) in [6.07, 6.45) is 6.99. The van der Waals surface area contributed by atoms with Gasteiger partial charge in [-0.3, -0.25) is 4.79 Å². The van der Waals surface area contributed by atoms with Gasteiger partial charge in [0, 0.05) is 6.04 Å². The van der Waals surface area contributed by atoms with E-state index in [9.17, 15) is 4.79 Å². The van der Waals surface area contributed by atoms with Gasteiger partial charge in [0.1, 0.15) is 0 Å². The zero-order valence-corrected chi connectivity index (χ0v) is 10.9. The Bertz CT molecular complexity index is 260. The molecule has 92 valence electrons. The summed E-state index contributed by atoms with van der Waals surface area (Å²) >= 11 is 0. The van der Waals surface area contributed by atoms with Crippen LogP contribution in [0.25, 0.3) is 0 Å². The number of hydrogen-bond donors (Lipinski definition) is 1. The summed E-state index contributed by atoms with van der Waals surface area (Å²) in [5, 5.41) is 3.22. The third-order valence-electron chi connectivity index (χ3n) is 4.64. The first-order valence-electron chi connectivity index (χ1n) is 6.85. The Kier molecular flexibility index (Phi) is 3.27. The molecular formula is C14H25NO. The van der Waals surface area contributed by atoms with Gasteiger partial charge in [-0.2, -0.15) is 0 Å². The zero-order chi connectivity index (χ0) is 11.8. The molecule has 0 aromatic rings. The molecule has 0 spiro atoms. The molecule has 2 rings (SSSR count). The second-order valence-electron chi connectivity index (χ2n) is 6.24. The van der Waals surface area contributed by atoms with E-state index in [-0.39, 0.29) is 5.41 Å². The van der Waals surface area contributed by atoms with E-state index in [0.717, 1.165) is 18.8 Å². The van der Waals surface area contributed by atoms with E-state index >= 15 is 0 Å². The van der Waals surface area contributed by atoms with E-state index in [2.05, 4.69) is 26.1 Å². The monoisotopic (exact) mass is 223 g/mol. The second kappa shape index (κ2) is 4.38. The fourth-order valence-corrected chi connectivity index (χ4v) is 2.90. The Balaban J connectivity index is 2.04. The van der Waals surface area contributed by atoms with Crippen LogP contribution >= 0.6 is 0 Å². The minimum absolute atomic E-state index is 0.0604. The summed E-state index contributed by atoms with van der Waals surface area (Å²) < 4.78 is 0. The molecule has 2 fully saturated rings. The Morgan fingerprint density at radius 3 is 2.19 bits per heavy atom. The lowest BCUT2D eigenvalue weighted by Gasteiger charge is -2.41. The van der Waals surface area contributed by atoms with Gasteiger partial charge in [0.15, 0.2) is 0 Å². The number of rotatable bonds is 3. The second-order valence-corrected chi connectivity index (χ2v) is 6.24. The number of carbonyl (C=O) groups is 1.